The lowest BCUT2D eigenvalue weighted by atomic mass is 10.1. The monoisotopic (exact) mass is 434 g/mol. The molecule has 5 N–H and O–H groups in total. The lowest BCUT2D eigenvalue weighted by molar-refractivity contribution is -0.274. The third-order valence-corrected chi connectivity index (χ3v) is 3.67. The Hall–Kier alpha value is -4.02. The molecule has 164 valence electrons. The van der Waals surface area contributed by atoms with E-state index in [1.165, 1.54) is 24.3 Å². The first-order valence-electron chi connectivity index (χ1n) is 8.87. The Bertz CT molecular complexity index is 1100. The highest BCUT2D eigenvalue weighted by molar-refractivity contribution is 5.67. The molecule has 3 aromatic rings. The molecule has 0 aliphatic rings. The van der Waals surface area contributed by atoms with Gasteiger partial charge in [-0.1, -0.05) is 12.1 Å². The molecule has 1 amide bonds. The molecule has 3 rings (SSSR count). The highest BCUT2D eigenvalue weighted by Crippen LogP contribution is 2.32. The summed E-state index contributed by atoms with van der Waals surface area (Å²) >= 11 is 0. The van der Waals surface area contributed by atoms with Crippen molar-refractivity contribution in [1.82, 2.24) is 19.9 Å². The number of aromatic nitrogens is 3. The maximum atomic E-state index is 12.4. The summed E-state index contributed by atoms with van der Waals surface area (Å²) < 4.78 is 43.0. The summed E-state index contributed by atoms with van der Waals surface area (Å²) in [5, 5.41) is 6.56. The van der Waals surface area contributed by atoms with Crippen molar-refractivity contribution in [2.45, 2.75) is 20.2 Å². The molecular weight excluding hydrogens is 413 g/mol. The molecule has 0 saturated carbocycles. The van der Waals surface area contributed by atoms with E-state index < -0.39 is 6.36 Å². The minimum Gasteiger partial charge on any atom is -0.405 e. The van der Waals surface area contributed by atoms with Crippen molar-refractivity contribution >= 4 is 12.1 Å². The lowest BCUT2D eigenvalue weighted by Gasteiger charge is -2.12. The van der Waals surface area contributed by atoms with Gasteiger partial charge in [-0.05, 0) is 50.3 Å². The summed E-state index contributed by atoms with van der Waals surface area (Å²) in [6.07, 6.45) is 0.524. The number of allylic oxidation sites excluding steroid dienone is 3. The normalized spacial score (nSPS) is 12.2. The van der Waals surface area contributed by atoms with Gasteiger partial charge in [0.25, 0.3) is 0 Å². The Balaban J connectivity index is 0.000000291. The number of fused-ring (bicyclic) bond motifs is 1. The van der Waals surface area contributed by atoms with E-state index in [4.69, 9.17) is 11.5 Å². The van der Waals surface area contributed by atoms with E-state index >= 15 is 0 Å². The molecule has 31 heavy (non-hydrogen) atoms. The van der Waals surface area contributed by atoms with E-state index in [0.29, 0.717) is 23.4 Å². The number of nitrogens with two attached hydrogens (primary N) is 2. The number of imidazole rings is 1. The quantitative estimate of drug-likeness (QED) is 0.419. The fraction of sp³-hybridized carbons (Fsp3) is 0.150. The van der Waals surface area contributed by atoms with Gasteiger partial charge in [0.05, 0.1) is 17.6 Å². The number of ether oxygens (including phenoxy) is 1. The van der Waals surface area contributed by atoms with Crippen molar-refractivity contribution in [2.24, 2.45) is 11.5 Å². The average molecular weight is 434 g/mol. The van der Waals surface area contributed by atoms with E-state index in [-0.39, 0.29) is 17.1 Å². The Morgan fingerprint density at radius 1 is 1.16 bits per heavy atom. The molecule has 0 saturated heterocycles. The third-order valence-electron chi connectivity index (χ3n) is 3.67. The molecule has 2 heterocycles. The van der Waals surface area contributed by atoms with Gasteiger partial charge in [0.2, 0.25) is 6.41 Å². The summed E-state index contributed by atoms with van der Waals surface area (Å²) in [6.45, 7) is 3.54. The zero-order valence-corrected chi connectivity index (χ0v) is 16.7. The van der Waals surface area contributed by atoms with Crippen molar-refractivity contribution in [3.8, 4) is 17.0 Å². The van der Waals surface area contributed by atoms with Crippen molar-refractivity contribution in [3.63, 3.8) is 0 Å². The van der Waals surface area contributed by atoms with Crippen LogP contribution in [0.15, 0.2) is 66.3 Å². The second kappa shape index (κ2) is 10.1. The predicted octanol–water partition coefficient (Wildman–Crippen LogP) is 3.00. The van der Waals surface area contributed by atoms with E-state index in [1.54, 1.807) is 41.9 Å². The lowest BCUT2D eigenvalue weighted by Crippen LogP contribution is -2.17. The number of para-hydroxylation sites is 1. The molecule has 0 spiro atoms. The van der Waals surface area contributed by atoms with Gasteiger partial charge in [0, 0.05) is 11.3 Å². The molecule has 8 nitrogen and oxygen atoms in total. The van der Waals surface area contributed by atoms with E-state index in [1.807, 2.05) is 6.92 Å². The fourth-order valence-corrected chi connectivity index (χ4v) is 2.36. The second-order valence-corrected chi connectivity index (χ2v) is 6.23. The van der Waals surface area contributed by atoms with Gasteiger partial charge in [0.1, 0.15) is 11.6 Å². The number of amides is 1. The molecule has 0 radical (unpaired) electrons. The van der Waals surface area contributed by atoms with Gasteiger partial charge in [-0.15, -0.1) is 13.2 Å². The molecule has 1 aromatic carbocycles. The molecular formula is C20H21F3N6O2. The number of hydrogen-bond donors (Lipinski definition) is 3. The number of benzene rings is 1. The van der Waals surface area contributed by atoms with Crippen LogP contribution in [0.25, 0.3) is 16.9 Å². The first-order valence-corrected chi connectivity index (χ1v) is 8.87. The SMILES string of the molecule is C/C(N)=C/C=C(\N)NC=O.Cc1cnc2ccc(-c3ccccc3OC(F)(F)F)nn12. The first-order chi connectivity index (χ1) is 14.6. The van der Waals surface area contributed by atoms with Crippen molar-refractivity contribution in [2.75, 3.05) is 0 Å². The Morgan fingerprint density at radius 2 is 1.87 bits per heavy atom. The van der Waals surface area contributed by atoms with Gasteiger partial charge in [-0.25, -0.2) is 9.50 Å². The molecule has 0 atom stereocenters. The van der Waals surface area contributed by atoms with Crippen LogP contribution in [0.4, 0.5) is 13.2 Å². The number of rotatable bonds is 5. The van der Waals surface area contributed by atoms with Crippen molar-refractivity contribution in [1.29, 1.82) is 0 Å². The first kappa shape index (κ1) is 23.3. The van der Waals surface area contributed by atoms with Crippen LogP contribution >= 0.6 is 0 Å². The van der Waals surface area contributed by atoms with Gasteiger partial charge >= 0.3 is 6.36 Å². The minimum atomic E-state index is -4.74. The smallest absolute Gasteiger partial charge is 0.405 e. The van der Waals surface area contributed by atoms with Gasteiger partial charge < -0.3 is 21.5 Å². The number of nitrogens with zero attached hydrogens (tertiary/aromatic N) is 3. The molecule has 0 bridgehead atoms. The number of alkyl halides is 3. The summed E-state index contributed by atoms with van der Waals surface area (Å²) in [6, 6.07) is 9.20. The topological polar surface area (TPSA) is 121 Å². The number of carbonyl (C=O) groups is 1. The van der Waals surface area contributed by atoms with Crippen molar-refractivity contribution in [3.05, 3.63) is 72.0 Å². The summed E-state index contributed by atoms with van der Waals surface area (Å²) in [7, 11) is 0. The fourth-order valence-electron chi connectivity index (χ4n) is 2.36. The average Bonchev–Trinajstić information content (AvgIpc) is 3.07. The zero-order chi connectivity index (χ0) is 23.0. The second-order valence-electron chi connectivity index (χ2n) is 6.23. The molecule has 0 aliphatic heterocycles. The van der Waals surface area contributed by atoms with E-state index in [0.717, 1.165) is 5.69 Å². The summed E-state index contributed by atoms with van der Waals surface area (Å²) in [5.74, 6) is -0.00517. The zero-order valence-electron chi connectivity index (χ0n) is 16.7. The number of nitrogens with one attached hydrogen (secondary N) is 1. The van der Waals surface area contributed by atoms with E-state index in [2.05, 4.69) is 20.1 Å². The Kier molecular flexibility index (Phi) is 7.61. The minimum absolute atomic E-state index is 0.268. The van der Waals surface area contributed by atoms with Gasteiger partial charge in [-0.2, -0.15) is 5.10 Å². The number of carbonyl (C=O) groups excluding carboxylic acids is 1. The maximum absolute atomic E-state index is 12.4. The number of halogens is 3. The summed E-state index contributed by atoms with van der Waals surface area (Å²) in [5.41, 5.74) is 13.2. The molecule has 2 aromatic heterocycles. The van der Waals surface area contributed by atoms with Crippen molar-refractivity contribution < 1.29 is 22.7 Å². The largest absolute Gasteiger partial charge is 0.573 e. The van der Waals surface area contributed by atoms with Crippen LogP contribution in [0.2, 0.25) is 0 Å². The number of hydrogen-bond acceptors (Lipinski definition) is 6. The summed E-state index contributed by atoms with van der Waals surface area (Å²) in [4.78, 5) is 13.9. The highest BCUT2D eigenvalue weighted by Gasteiger charge is 2.32. The van der Waals surface area contributed by atoms with Crippen LogP contribution in [-0.4, -0.2) is 27.4 Å². The van der Waals surface area contributed by atoms with Crippen LogP contribution in [0.3, 0.4) is 0 Å². The highest BCUT2D eigenvalue weighted by atomic mass is 19.4. The maximum Gasteiger partial charge on any atom is 0.573 e. The van der Waals surface area contributed by atoms with Gasteiger partial charge in [0.15, 0.2) is 5.65 Å². The number of aryl methyl sites for hydroxylation is 1. The van der Waals surface area contributed by atoms with Gasteiger partial charge in [-0.3, -0.25) is 4.79 Å². The third kappa shape index (κ3) is 7.07. The molecule has 11 heteroatoms. The van der Waals surface area contributed by atoms with Crippen LogP contribution < -0.4 is 21.5 Å². The Morgan fingerprint density at radius 3 is 2.52 bits per heavy atom. The van der Waals surface area contributed by atoms with Crippen LogP contribution in [-0.2, 0) is 4.79 Å². The molecule has 0 unspecified atom stereocenters. The van der Waals surface area contributed by atoms with Crippen LogP contribution in [0, 0.1) is 6.92 Å². The molecule has 0 fully saturated rings. The predicted molar refractivity (Wildman–Crippen MR) is 109 cm³/mol. The molecule has 0 aliphatic carbocycles. The Labute approximate surface area is 176 Å². The standard InChI is InChI=1S/C14H10F3N3O.C6H11N3O/c1-9-8-18-13-7-6-11(19-20(9)13)10-4-2-3-5-12(10)21-14(15,16)17;1-5(7)2-3-6(8)9-4-10/h2-8H,1H3;2-4H,7-8H2,1H3,(H,9,10)/b;5-2-,6-3+. The van der Waals surface area contributed by atoms with Crippen LogP contribution in [0.1, 0.15) is 12.6 Å². The van der Waals surface area contributed by atoms with Crippen LogP contribution in [0.5, 0.6) is 5.75 Å². The van der Waals surface area contributed by atoms with E-state index in [9.17, 15) is 18.0 Å².